The van der Waals surface area contributed by atoms with Crippen molar-refractivity contribution in [2.45, 2.75) is 6.92 Å². The van der Waals surface area contributed by atoms with Gasteiger partial charge in [-0.3, -0.25) is 4.57 Å². The van der Waals surface area contributed by atoms with Gasteiger partial charge in [-0.2, -0.15) is 0 Å². The molecule has 0 amide bonds. The Labute approximate surface area is 97.6 Å². The first kappa shape index (κ1) is 9.96. The molecule has 0 aliphatic heterocycles. The summed E-state index contributed by atoms with van der Waals surface area (Å²) in [7, 11) is 0. The Balaban J connectivity index is 2.33. The van der Waals surface area contributed by atoms with Crippen LogP contribution in [0.4, 0.5) is 4.39 Å². The maximum atomic E-state index is 13.1. The molecule has 0 N–H and O–H groups in total. The van der Waals surface area contributed by atoms with Crippen molar-refractivity contribution < 1.29 is 4.39 Å². The predicted octanol–water partition coefficient (Wildman–Crippen LogP) is 2.87. The Kier molecular flexibility index (Phi) is 2.14. The minimum Gasteiger partial charge on any atom is -0.283 e. The van der Waals surface area contributed by atoms with E-state index in [1.54, 1.807) is 24.5 Å². The Morgan fingerprint density at radius 1 is 1.12 bits per heavy atom. The number of aromatic nitrogens is 3. The molecule has 2 heterocycles. The van der Waals surface area contributed by atoms with Crippen molar-refractivity contribution in [3.05, 3.63) is 54.2 Å². The van der Waals surface area contributed by atoms with Gasteiger partial charge in [0.05, 0.1) is 5.52 Å². The van der Waals surface area contributed by atoms with E-state index in [-0.39, 0.29) is 5.82 Å². The highest BCUT2D eigenvalue weighted by Gasteiger charge is 2.09. The van der Waals surface area contributed by atoms with Crippen molar-refractivity contribution in [3.8, 4) is 5.95 Å². The molecule has 84 valence electrons. The zero-order valence-corrected chi connectivity index (χ0v) is 9.26. The number of fused-ring (bicyclic) bond motifs is 1. The lowest BCUT2D eigenvalue weighted by atomic mass is 10.2. The van der Waals surface area contributed by atoms with Gasteiger partial charge in [0.1, 0.15) is 5.82 Å². The molecule has 1 aromatic carbocycles. The van der Waals surface area contributed by atoms with E-state index < -0.39 is 0 Å². The Morgan fingerprint density at radius 3 is 2.65 bits per heavy atom. The van der Waals surface area contributed by atoms with E-state index >= 15 is 0 Å². The highest BCUT2D eigenvalue weighted by Crippen LogP contribution is 2.22. The van der Waals surface area contributed by atoms with Crippen molar-refractivity contribution in [3.63, 3.8) is 0 Å². The molecule has 3 rings (SSSR count). The highest BCUT2D eigenvalue weighted by atomic mass is 19.1. The van der Waals surface area contributed by atoms with Crippen LogP contribution in [0.25, 0.3) is 16.9 Å². The maximum Gasteiger partial charge on any atom is 0.234 e. The van der Waals surface area contributed by atoms with Crippen LogP contribution in [0.2, 0.25) is 0 Å². The van der Waals surface area contributed by atoms with E-state index in [4.69, 9.17) is 0 Å². The zero-order chi connectivity index (χ0) is 11.8. The van der Waals surface area contributed by atoms with Crippen molar-refractivity contribution in [1.82, 2.24) is 14.5 Å². The lowest BCUT2D eigenvalue weighted by Crippen LogP contribution is -2.01. The summed E-state index contributed by atoms with van der Waals surface area (Å²) in [5.41, 5.74) is 1.90. The summed E-state index contributed by atoms with van der Waals surface area (Å²) in [6, 6.07) is 8.40. The second-order valence-corrected chi connectivity index (χ2v) is 3.87. The Hall–Kier alpha value is -2.23. The van der Waals surface area contributed by atoms with Gasteiger partial charge in [0.15, 0.2) is 0 Å². The largest absolute Gasteiger partial charge is 0.283 e. The molecule has 0 radical (unpaired) electrons. The molecule has 0 spiro atoms. The smallest absolute Gasteiger partial charge is 0.234 e. The van der Waals surface area contributed by atoms with Gasteiger partial charge >= 0.3 is 0 Å². The first-order valence-corrected chi connectivity index (χ1v) is 5.31. The number of aryl methyl sites for hydroxylation is 1. The van der Waals surface area contributed by atoms with Gasteiger partial charge in [-0.25, -0.2) is 14.4 Å². The van der Waals surface area contributed by atoms with Gasteiger partial charge in [-0.05, 0) is 37.3 Å². The van der Waals surface area contributed by atoms with E-state index in [2.05, 4.69) is 9.97 Å². The highest BCUT2D eigenvalue weighted by molar-refractivity contribution is 5.82. The summed E-state index contributed by atoms with van der Waals surface area (Å²) in [6.45, 7) is 1.95. The van der Waals surface area contributed by atoms with Gasteiger partial charge in [0.25, 0.3) is 0 Å². The molecule has 2 aromatic heterocycles. The standard InChI is InChI=1S/C13H10FN3/c1-9-7-10-8-11(14)3-4-12(10)17(9)13-15-5-2-6-16-13/h2-8H,1H3. The van der Waals surface area contributed by atoms with Crippen LogP contribution in [0.5, 0.6) is 0 Å². The third-order valence-electron chi connectivity index (χ3n) is 2.70. The predicted molar refractivity (Wildman–Crippen MR) is 63.6 cm³/mol. The number of hydrogen-bond acceptors (Lipinski definition) is 2. The summed E-state index contributed by atoms with van der Waals surface area (Å²) >= 11 is 0. The van der Waals surface area contributed by atoms with Gasteiger partial charge in [-0.1, -0.05) is 0 Å². The summed E-state index contributed by atoms with van der Waals surface area (Å²) < 4.78 is 15.1. The van der Waals surface area contributed by atoms with Crippen LogP contribution in [0.1, 0.15) is 5.69 Å². The van der Waals surface area contributed by atoms with Crippen molar-refractivity contribution in [2.24, 2.45) is 0 Å². The molecule has 0 saturated heterocycles. The van der Waals surface area contributed by atoms with Crippen LogP contribution < -0.4 is 0 Å². The van der Waals surface area contributed by atoms with Gasteiger partial charge in [0, 0.05) is 23.5 Å². The number of rotatable bonds is 1. The summed E-state index contributed by atoms with van der Waals surface area (Å²) in [6.07, 6.45) is 3.38. The van der Waals surface area contributed by atoms with E-state index in [1.807, 2.05) is 17.6 Å². The normalized spacial score (nSPS) is 10.9. The lowest BCUT2D eigenvalue weighted by molar-refractivity contribution is 0.629. The zero-order valence-electron chi connectivity index (χ0n) is 9.26. The van der Waals surface area contributed by atoms with Crippen LogP contribution in [0, 0.1) is 12.7 Å². The van der Waals surface area contributed by atoms with Gasteiger partial charge in [0.2, 0.25) is 5.95 Å². The molecule has 17 heavy (non-hydrogen) atoms. The fourth-order valence-corrected chi connectivity index (χ4v) is 2.00. The molecule has 3 aromatic rings. The Bertz CT molecular complexity index is 674. The van der Waals surface area contributed by atoms with Crippen molar-refractivity contribution >= 4 is 10.9 Å². The Morgan fingerprint density at radius 2 is 1.88 bits per heavy atom. The van der Waals surface area contributed by atoms with Crippen LogP contribution in [0.3, 0.4) is 0 Å². The van der Waals surface area contributed by atoms with E-state index in [0.29, 0.717) is 5.95 Å². The summed E-state index contributed by atoms with van der Waals surface area (Å²) in [4.78, 5) is 8.43. The average Bonchev–Trinajstić information content (AvgIpc) is 2.65. The molecule has 0 atom stereocenters. The molecule has 0 unspecified atom stereocenters. The minimum absolute atomic E-state index is 0.233. The van der Waals surface area contributed by atoms with Crippen molar-refractivity contribution in [2.75, 3.05) is 0 Å². The SMILES string of the molecule is Cc1cc2cc(F)ccc2n1-c1ncccn1. The van der Waals surface area contributed by atoms with Crippen molar-refractivity contribution in [1.29, 1.82) is 0 Å². The monoisotopic (exact) mass is 227 g/mol. The number of halogens is 1. The molecule has 0 aliphatic rings. The minimum atomic E-state index is -0.233. The second kappa shape index (κ2) is 3.66. The van der Waals surface area contributed by atoms with Gasteiger partial charge < -0.3 is 0 Å². The second-order valence-electron chi connectivity index (χ2n) is 3.87. The number of benzene rings is 1. The molecular formula is C13H10FN3. The number of hydrogen-bond donors (Lipinski definition) is 0. The summed E-state index contributed by atoms with van der Waals surface area (Å²) in [5.74, 6) is 0.371. The van der Waals surface area contributed by atoms with Crippen LogP contribution in [-0.4, -0.2) is 14.5 Å². The molecule has 0 aliphatic carbocycles. The first-order valence-electron chi connectivity index (χ1n) is 5.31. The lowest BCUT2D eigenvalue weighted by Gasteiger charge is -2.05. The van der Waals surface area contributed by atoms with Crippen LogP contribution >= 0.6 is 0 Å². The third-order valence-corrected chi connectivity index (χ3v) is 2.70. The first-order chi connectivity index (χ1) is 8.25. The molecule has 0 fully saturated rings. The van der Waals surface area contributed by atoms with E-state index in [9.17, 15) is 4.39 Å². The van der Waals surface area contributed by atoms with E-state index in [0.717, 1.165) is 16.6 Å². The van der Waals surface area contributed by atoms with E-state index in [1.165, 1.54) is 12.1 Å². The third kappa shape index (κ3) is 1.58. The summed E-state index contributed by atoms with van der Waals surface area (Å²) in [5, 5.41) is 0.856. The maximum absolute atomic E-state index is 13.1. The van der Waals surface area contributed by atoms with Gasteiger partial charge in [-0.15, -0.1) is 0 Å². The average molecular weight is 227 g/mol. The van der Waals surface area contributed by atoms with Crippen LogP contribution in [0.15, 0.2) is 42.7 Å². The fourth-order valence-electron chi connectivity index (χ4n) is 2.00. The molecule has 0 saturated carbocycles. The number of nitrogens with zero attached hydrogens (tertiary/aromatic N) is 3. The fraction of sp³-hybridized carbons (Fsp3) is 0.0769. The molecule has 4 heteroatoms. The molecular weight excluding hydrogens is 217 g/mol. The molecule has 0 bridgehead atoms. The molecule has 3 nitrogen and oxygen atoms in total. The van der Waals surface area contributed by atoms with Crippen LogP contribution in [-0.2, 0) is 0 Å². The quantitative estimate of drug-likeness (QED) is 0.640. The topological polar surface area (TPSA) is 30.7 Å².